The Labute approximate surface area is 250 Å². The van der Waals surface area contributed by atoms with Crippen molar-refractivity contribution >= 4 is 6.09 Å². The number of ether oxygens (including phenoxy) is 1. The summed E-state index contributed by atoms with van der Waals surface area (Å²) >= 11 is 0. The first-order valence-corrected chi connectivity index (χ1v) is 15.1. The van der Waals surface area contributed by atoms with Crippen LogP contribution < -0.4 is 0 Å². The average Bonchev–Trinajstić information content (AvgIpc) is 3.37. The average molecular weight is 601 g/mol. The zero-order valence-electron chi connectivity index (χ0n) is 25.0. The molecule has 0 N–H and O–H groups in total. The molecule has 1 atom stereocenters. The van der Waals surface area contributed by atoms with Gasteiger partial charge in [0.2, 0.25) is 0 Å². The van der Waals surface area contributed by atoms with Crippen LogP contribution in [0.1, 0.15) is 75.7 Å². The van der Waals surface area contributed by atoms with Gasteiger partial charge in [0.25, 0.3) is 0 Å². The number of imidazole rings is 1. The first-order chi connectivity index (χ1) is 20.4. The van der Waals surface area contributed by atoms with Crippen LogP contribution in [0, 0.1) is 5.82 Å². The topological polar surface area (TPSA) is 50.6 Å². The second-order valence-corrected chi connectivity index (χ2v) is 12.7. The zero-order valence-corrected chi connectivity index (χ0v) is 25.0. The fourth-order valence-corrected chi connectivity index (χ4v) is 6.11. The number of aromatic nitrogens is 2. The maximum atomic E-state index is 14.1. The summed E-state index contributed by atoms with van der Waals surface area (Å²) in [7, 11) is 0. The molecule has 3 heterocycles. The fraction of sp³-hybridized carbons (Fsp3) is 0.515. The standard InChI is InChI=1S/C33H40F4N4O2/c1-32(2,3)43-31(42)39-17-14-24(15-18-39)30-38-29(25-12-13-28(34)27(19-25)33(35,36)37)22-41(30)21-26-11-7-8-16-40(26)20-23-9-5-4-6-10-23/h4-6,9-10,12-13,19,22,24,26H,7-8,11,14-18,20-21H2,1-3H3/t26-/m1/s1. The Morgan fingerprint density at radius 2 is 1.70 bits per heavy atom. The third-order valence-electron chi connectivity index (χ3n) is 8.27. The van der Waals surface area contributed by atoms with Crippen LogP contribution in [0.15, 0.2) is 54.7 Å². The molecule has 6 nitrogen and oxygen atoms in total. The normalized spacial score (nSPS) is 19.0. The Bertz CT molecular complexity index is 1390. The van der Waals surface area contributed by atoms with Crippen molar-refractivity contribution in [2.75, 3.05) is 19.6 Å². The molecule has 2 saturated heterocycles. The smallest absolute Gasteiger partial charge is 0.419 e. The summed E-state index contributed by atoms with van der Waals surface area (Å²) in [5.74, 6) is -0.493. The van der Waals surface area contributed by atoms with E-state index in [9.17, 15) is 22.4 Å². The van der Waals surface area contributed by atoms with E-state index in [-0.39, 0.29) is 23.6 Å². The number of carbonyl (C=O) groups is 1. The quantitative estimate of drug-likeness (QED) is 0.270. The van der Waals surface area contributed by atoms with E-state index in [4.69, 9.17) is 9.72 Å². The number of benzene rings is 2. The van der Waals surface area contributed by atoms with Gasteiger partial charge in [0.1, 0.15) is 17.2 Å². The number of nitrogens with zero attached hydrogens (tertiary/aromatic N) is 4. The minimum atomic E-state index is -4.81. The molecule has 2 aliphatic rings. The highest BCUT2D eigenvalue weighted by atomic mass is 19.4. The van der Waals surface area contributed by atoms with Gasteiger partial charge in [-0.3, -0.25) is 4.90 Å². The molecule has 43 heavy (non-hydrogen) atoms. The molecule has 0 bridgehead atoms. The summed E-state index contributed by atoms with van der Waals surface area (Å²) in [6.07, 6.45) is 1.21. The second-order valence-electron chi connectivity index (χ2n) is 12.7. The molecule has 10 heteroatoms. The van der Waals surface area contributed by atoms with E-state index >= 15 is 0 Å². The predicted molar refractivity (Wildman–Crippen MR) is 157 cm³/mol. The van der Waals surface area contributed by atoms with E-state index in [0.717, 1.165) is 50.3 Å². The number of hydrogen-bond acceptors (Lipinski definition) is 4. The molecule has 2 aliphatic heterocycles. The Balaban J connectivity index is 1.42. The van der Waals surface area contributed by atoms with E-state index < -0.39 is 23.2 Å². The molecule has 3 aromatic rings. The Hall–Kier alpha value is -3.40. The molecule has 5 rings (SSSR count). The monoisotopic (exact) mass is 600 g/mol. The first-order valence-electron chi connectivity index (χ1n) is 15.1. The lowest BCUT2D eigenvalue weighted by Gasteiger charge is -2.37. The lowest BCUT2D eigenvalue weighted by Crippen LogP contribution is -2.43. The molecule has 0 unspecified atom stereocenters. The third-order valence-corrected chi connectivity index (χ3v) is 8.27. The van der Waals surface area contributed by atoms with Crippen molar-refractivity contribution in [1.29, 1.82) is 0 Å². The van der Waals surface area contributed by atoms with Gasteiger partial charge in [-0.15, -0.1) is 0 Å². The molecule has 232 valence electrons. The van der Waals surface area contributed by atoms with Crippen molar-refractivity contribution in [3.8, 4) is 11.3 Å². The predicted octanol–water partition coefficient (Wildman–Crippen LogP) is 7.88. The van der Waals surface area contributed by atoms with Crippen LogP contribution >= 0.6 is 0 Å². The number of halogens is 4. The lowest BCUT2D eigenvalue weighted by molar-refractivity contribution is -0.139. The maximum absolute atomic E-state index is 14.1. The number of carbonyl (C=O) groups excluding carboxylic acids is 1. The van der Waals surface area contributed by atoms with Gasteiger partial charge in [-0.05, 0) is 76.8 Å². The van der Waals surface area contributed by atoms with Crippen molar-refractivity contribution in [2.24, 2.45) is 0 Å². The summed E-state index contributed by atoms with van der Waals surface area (Å²) in [6, 6.07) is 13.6. The summed E-state index contributed by atoms with van der Waals surface area (Å²) in [4.78, 5) is 21.7. The molecule has 2 fully saturated rings. The number of amides is 1. The zero-order chi connectivity index (χ0) is 30.8. The number of hydrogen-bond donors (Lipinski definition) is 0. The van der Waals surface area contributed by atoms with Gasteiger partial charge >= 0.3 is 12.3 Å². The van der Waals surface area contributed by atoms with Gasteiger partial charge in [0, 0.05) is 49.9 Å². The molecule has 2 aromatic carbocycles. The third kappa shape index (κ3) is 7.77. The van der Waals surface area contributed by atoms with Gasteiger partial charge < -0.3 is 14.2 Å². The minimum absolute atomic E-state index is 0.0149. The highest BCUT2D eigenvalue weighted by molar-refractivity contribution is 5.68. The summed E-state index contributed by atoms with van der Waals surface area (Å²) in [6.45, 7) is 8.95. The van der Waals surface area contributed by atoms with Crippen LogP contribution in [0.4, 0.5) is 22.4 Å². The van der Waals surface area contributed by atoms with Crippen LogP contribution in [-0.2, 0) is 24.0 Å². The highest BCUT2D eigenvalue weighted by Crippen LogP contribution is 2.36. The molecule has 0 saturated carbocycles. The van der Waals surface area contributed by atoms with Gasteiger partial charge in [-0.25, -0.2) is 14.2 Å². The molecular weight excluding hydrogens is 560 g/mol. The fourth-order valence-electron chi connectivity index (χ4n) is 6.11. The minimum Gasteiger partial charge on any atom is -0.444 e. The van der Waals surface area contributed by atoms with E-state index in [2.05, 4.69) is 21.6 Å². The Morgan fingerprint density at radius 1 is 0.977 bits per heavy atom. The summed E-state index contributed by atoms with van der Waals surface area (Å²) in [5.41, 5.74) is -0.0329. The van der Waals surface area contributed by atoms with Crippen LogP contribution in [-0.4, -0.2) is 56.7 Å². The SMILES string of the molecule is CC(C)(C)OC(=O)N1CCC(c2nc(-c3ccc(F)c(C(F)(F)F)c3)cn2C[C@H]2CCCCN2Cc2ccccc2)CC1. The first kappa shape index (κ1) is 31.0. The molecular formula is C33H40F4N4O2. The van der Waals surface area contributed by atoms with E-state index in [1.165, 1.54) is 11.6 Å². The molecule has 0 radical (unpaired) electrons. The van der Waals surface area contributed by atoms with Gasteiger partial charge in [-0.2, -0.15) is 13.2 Å². The van der Waals surface area contributed by atoms with Crippen molar-refractivity contribution in [2.45, 2.75) is 89.7 Å². The molecule has 1 amide bonds. The molecule has 1 aromatic heterocycles. The number of alkyl halides is 3. The Morgan fingerprint density at radius 3 is 2.37 bits per heavy atom. The largest absolute Gasteiger partial charge is 0.444 e. The number of likely N-dealkylation sites (tertiary alicyclic amines) is 2. The number of piperidine rings is 2. The van der Waals surface area contributed by atoms with E-state index in [1.807, 2.05) is 45.2 Å². The van der Waals surface area contributed by atoms with Crippen LogP contribution in [0.5, 0.6) is 0 Å². The lowest BCUT2D eigenvalue weighted by atomic mass is 9.95. The van der Waals surface area contributed by atoms with Gasteiger partial charge in [0.05, 0.1) is 11.3 Å². The molecule has 0 spiro atoms. The van der Waals surface area contributed by atoms with E-state index in [1.54, 1.807) is 4.90 Å². The van der Waals surface area contributed by atoms with Gasteiger partial charge in [0.15, 0.2) is 0 Å². The second kappa shape index (κ2) is 12.7. The van der Waals surface area contributed by atoms with Crippen LogP contribution in [0.3, 0.4) is 0 Å². The highest BCUT2D eigenvalue weighted by Gasteiger charge is 2.35. The summed E-state index contributed by atoms with van der Waals surface area (Å²) < 4.78 is 62.4. The van der Waals surface area contributed by atoms with Crippen molar-refractivity contribution in [3.63, 3.8) is 0 Å². The maximum Gasteiger partial charge on any atom is 0.419 e. The number of rotatable bonds is 6. The van der Waals surface area contributed by atoms with Crippen LogP contribution in [0.25, 0.3) is 11.3 Å². The van der Waals surface area contributed by atoms with Gasteiger partial charge in [-0.1, -0.05) is 36.8 Å². The van der Waals surface area contributed by atoms with Crippen molar-refractivity contribution < 1.29 is 27.1 Å². The van der Waals surface area contributed by atoms with Crippen LogP contribution in [0.2, 0.25) is 0 Å². The molecule has 0 aliphatic carbocycles. The van der Waals surface area contributed by atoms with E-state index in [0.29, 0.717) is 38.2 Å². The van der Waals surface area contributed by atoms with Crippen molar-refractivity contribution in [3.05, 3.63) is 77.5 Å². The Kier molecular flexibility index (Phi) is 9.15. The summed E-state index contributed by atoms with van der Waals surface area (Å²) in [5, 5.41) is 0. The van der Waals surface area contributed by atoms with Crippen molar-refractivity contribution in [1.82, 2.24) is 19.4 Å².